The fraction of sp³-hybridized carbons (Fsp3) is 0.467. The van der Waals surface area contributed by atoms with Gasteiger partial charge in [0.25, 0.3) is 0 Å². The van der Waals surface area contributed by atoms with Crippen molar-refractivity contribution < 1.29 is 13.5 Å². The highest BCUT2D eigenvalue weighted by atomic mass is 32.2. The van der Waals surface area contributed by atoms with Crippen molar-refractivity contribution in [3.8, 4) is 11.8 Å². The molecule has 0 saturated carbocycles. The van der Waals surface area contributed by atoms with Crippen LogP contribution in [-0.2, 0) is 10.0 Å². The van der Waals surface area contributed by atoms with Gasteiger partial charge in [-0.15, -0.1) is 0 Å². The van der Waals surface area contributed by atoms with E-state index >= 15 is 0 Å². The van der Waals surface area contributed by atoms with Gasteiger partial charge in [0.2, 0.25) is 10.0 Å². The molecule has 0 unspecified atom stereocenters. The number of sulfonamides is 1. The van der Waals surface area contributed by atoms with E-state index in [1.54, 1.807) is 18.2 Å². The summed E-state index contributed by atoms with van der Waals surface area (Å²) in [6.07, 6.45) is 1.76. The molecule has 1 saturated heterocycles. The Bertz CT molecular complexity index is 653. The first-order chi connectivity index (χ1) is 10.0. The molecule has 6 heteroatoms. The number of thioether (sulfide) groups is 1. The second kappa shape index (κ2) is 7.32. The molecule has 21 heavy (non-hydrogen) atoms. The average Bonchev–Trinajstić information content (AvgIpc) is 2.46. The zero-order chi connectivity index (χ0) is 15.3. The van der Waals surface area contributed by atoms with Crippen LogP contribution in [0.25, 0.3) is 0 Å². The third-order valence-electron chi connectivity index (χ3n) is 3.35. The summed E-state index contributed by atoms with van der Waals surface area (Å²) in [5, 5.41) is 8.70. The summed E-state index contributed by atoms with van der Waals surface area (Å²) in [5.74, 6) is 7.38. The van der Waals surface area contributed by atoms with Crippen LogP contribution < -0.4 is 4.72 Å². The van der Waals surface area contributed by atoms with Gasteiger partial charge >= 0.3 is 0 Å². The Kier molecular flexibility index (Phi) is 5.71. The molecule has 1 aliphatic rings. The minimum absolute atomic E-state index is 0.0328. The van der Waals surface area contributed by atoms with Crippen LogP contribution in [0.2, 0.25) is 0 Å². The Hall–Kier alpha value is -1.00. The number of hydrogen-bond acceptors (Lipinski definition) is 4. The third kappa shape index (κ3) is 4.48. The maximum atomic E-state index is 12.4. The number of aryl methyl sites for hydroxylation is 1. The number of hydrogen-bond donors (Lipinski definition) is 2. The van der Waals surface area contributed by atoms with E-state index in [-0.39, 0.29) is 17.5 Å². The van der Waals surface area contributed by atoms with Gasteiger partial charge in [0.1, 0.15) is 6.61 Å². The van der Waals surface area contributed by atoms with Crippen molar-refractivity contribution in [3.63, 3.8) is 0 Å². The SMILES string of the molecule is Cc1cc(S(=O)(=O)NC2CCSCC2)ccc1C#CCO. The van der Waals surface area contributed by atoms with Crippen LogP contribution in [0.15, 0.2) is 23.1 Å². The Balaban J connectivity index is 2.18. The monoisotopic (exact) mass is 325 g/mol. The lowest BCUT2D eigenvalue weighted by Crippen LogP contribution is -2.37. The Morgan fingerprint density at radius 2 is 2.10 bits per heavy atom. The van der Waals surface area contributed by atoms with Gasteiger partial charge in [-0.05, 0) is 55.0 Å². The molecule has 1 aromatic carbocycles. The summed E-state index contributed by atoms with van der Waals surface area (Å²) in [7, 11) is -3.48. The Labute approximate surface area is 130 Å². The summed E-state index contributed by atoms with van der Waals surface area (Å²) in [4.78, 5) is 0.271. The van der Waals surface area contributed by atoms with Crippen molar-refractivity contribution in [1.29, 1.82) is 0 Å². The smallest absolute Gasteiger partial charge is 0.240 e. The van der Waals surface area contributed by atoms with E-state index in [9.17, 15) is 8.42 Å². The molecule has 2 N–H and O–H groups in total. The van der Waals surface area contributed by atoms with Crippen molar-refractivity contribution >= 4 is 21.8 Å². The van der Waals surface area contributed by atoms with Gasteiger partial charge in [0.05, 0.1) is 4.90 Å². The lowest BCUT2D eigenvalue weighted by Gasteiger charge is -2.22. The van der Waals surface area contributed by atoms with Crippen molar-refractivity contribution in [3.05, 3.63) is 29.3 Å². The molecule has 0 atom stereocenters. The predicted molar refractivity (Wildman–Crippen MR) is 85.8 cm³/mol. The van der Waals surface area contributed by atoms with Crippen molar-refractivity contribution in [2.24, 2.45) is 0 Å². The first-order valence-electron chi connectivity index (χ1n) is 6.83. The summed E-state index contributed by atoms with van der Waals surface area (Å²) in [6.45, 7) is 1.61. The second-order valence-electron chi connectivity index (χ2n) is 4.94. The standard InChI is InChI=1S/C15H19NO3S2/c1-12-11-15(5-4-13(12)3-2-8-17)21(18,19)16-14-6-9-20-10-7-14/h4-5,11,14,16-17H,6-10H2,1H3. The van der Waals surface area contributed by atoms with E-state index in [1.165, 1.54) is 0 Å². The van der Waals surface area contributed by atoms with Crippen LogP contribution in [0.1, 0.15) is 24.0 Å². The first kappa shape index (κ1) is 16.4. The highest BCUT2D eigenvalue weighted by Gasteiger charge is 2.22. The zero-order valence-corrected chi connectivity index (χ0v) is 13.6. The fourth-order valence-corrected chi connectivity index (χ4v) is 4.68. The highest BCUT2D eigenvalue weighted by molar-refractivity contribution is 7.99. The van der Waals surface area contributed by atoms with Gasteiger partial charge in [-0.2, -0.15) is 11.8 Å². The zero-order valence-electron chi connectivity index (χ0n) is 11.9. The van der Waals surface area contributed by atoms with E-state index in [4.69, 9.17) is 5.11 Å². The van der Waals surface area contributed by atoms with Gasteiger partial charge in [0.15, 0.2) is 0 Å². The van der Waals surface area contributed by atoms with E-state index in [1.807, 2.05) is 18.7 Å². The van der Waals surface area contributed by atoms with Crippen LogP contribution in [-0.4, -0.2) is 37.7 Å². The lowest BCUT2D eigenvalue weighted by atomic mass is 10.1. The molecule has 1 aliphatic heterocycles. The van der Waals surface area contributed by atoms with E-state index in [0.29, 0.717) is 0 Å². The minimum atomic E-state index is -3.48. The quantitative estimate of drug-likeness (QED) is 0.827. The number of aliphatic hydroxyl groups excluding tert-OH is 1. The van der Waals surface area contributed by atoms with Gasteiger partial charge < -0.3 is 5.11 Å². The molecule has 1 fully saturated rings. The highest BCUT2D eigenvalue weighted by Crippen LogP contribution is 2.20. The van der Waals surface area contributed by atoms with Crippen molar-refractivity contribution in [1.82, 2.24) is 4.72 Å². The van der Waals surface area contributed by atoms with Crippen LogP contribution in [0.4, 0.5) is 0 Å². The van der Waals surface area contributed by atoms with Gasteiger partial charge in [-0.25, -0.2) is 13.1 Å². The maximum absolute atomic E-state index is 12.4. The van der Waals surface area contributed by atoms with Gasteiger partial charge in [-0.3, -0.25) is 0 Å². The number of rotatable bonds is 3. The molecule has 0 aromatic heterocycles. The predicted octanol–water partition coefficient (Wildman–Crippen LogP) is 1.51. The summed E-state index contributed by atoms with van der Waals surface area (Å²) in [5.41, 5.74) is 1.52. The summed E-state index contributed by atoms with van der Waals surface area (Å²) in [6, 6.07) is 4.91. The van der Waals surface area contributed by atoms with Gasteiger partial charge in [0, 0.05) is 11.6 Å². The van der Waals surface area contributed by atoms with Crippen molar-refractivity contribution in [2.75, 3.05) is 18.1 Å². The van der Waals surface area contributed by atoms with E-state index in [0.717, 1.165) is 35.5 Å². The molecule has 0 radical (unpaired) electrons. The summed E-state index contributed by atoms with van der Waals surface area (Å²) >= 11 is 1.86. The molecule has 0 spiro atoms. The van der Waals surface area contributed by atoms with Crippen LogP contribution in [0.3, 0.4) is 0 Å². The van der Waals surface area contributed by atoms with Gasteiger partial charge in [-0.1, -0.05) is 11.8 Å². The molecular formula is C15H19NO3S2. The van der Waals surface area contributed by atoms with E-state index in [2.05, 4.69) is 16.6 Å². The maximum Gasteiger partial charge on any atom is 0.240 e. The molecule has 0 amide bonds. The van der Waals surface area contributed by atoms with Crippen molar-refractivity contribution in [2.45, 2.75) is 30.7 Å². The number of nitrogens with one attached hydrogen (secondary N) is 1. The normalized spacial score (nSPS) is 16.3. The molecule has 0 bridgehead atoms. The summed E-state index contributed by atoms with van der Waals surface area (Å²) < 4.78 is 27.6. The van der Waals surface area contributed by atoms with Crippen LogP contribution in [0, 0.1) is 18.8 Å². The Morgan fingerprint density at radius 3 is 2.71 bits per heavy atom. The van der Waals surface area contributed by atoms with E-state index < -0.39 is 10.0 Å². The molecule has 1 heterocycles. The minimum Gasteiger partial charge on any atom is -0.384 e. The largest absolute Gasteiger partial charge is 0.384 e. The Morgan fingerprint density at radius 1 is 1.38 bits per heavy atom. The molecule has 0 aliphatic carbocycles. The van der Waals surface area contributed by atoms with Crippen LogP contribution >= 0.6 is 11.8 Å². The molecule has 114 valence electrons. The molecule has 1 aromatic rings. The van der Waals surface area contributed by atoms with Crippen LogP contribution in [0.5, 0.6) is 0 Å². The molecular weight excluding hydrogens is 306 g/mol. The molecule has 2 rings (SSSR count). The topological polar surface area (TPSA) is 66.4 Å². The third-order valence-corrected chi connectivity index (χ3v) is 5.92. The molecule has 4 nitrogen and oxygen atoms in total. The second-order valence-corrected chi connectivity index (χ2v) is 7.88. The average molecular weight is 325 g/mol. The first-order valence-corrected chi connectivity index (χ1v) is 9.47. The number of benzene rings is 1. The number of aliphatic hydroxyl groups is 1. The lowest BCUT2D eigenvalue weighted by molar-refractivity contribution is 0.350. The fourth-order valence-electron chi connectivity index (χ4n) is 2.18.